The highest BCUT2D eigenvalue weighted by Gasteiger charge is 2.04. The monoisotopic (exact) mass is 272 g/mol. The number of benzene rings is 1. The molecular weight excluding hydrogens is 270 g/mol. The first-order valence-corrected chi connectivity index (χ1v) is 5.10. The van der Waals surface area contributed by atoms with Crippen molar-refractivity contribution in [3.8, 4) is 0 Å². The molecule has 0 aromatic heterocycles. The van der Waals surface area contributed by atoms with Crippen molar-refractivity contribution in [2.75, 3.05) is 0 Å². The first-order chi connectivity index (χ1) is 5.15. The van der Waals surface area contributed by atoms with Gasteiger partial charge >= 0.3 is 0 Å². The molecule has 0 aliphatic heterocycles. The molecule has 0 fully saturated rings. The second kappa shape index (κ2) is 3.99. The predicted octanol–water partition coefficient (Wildman–Crippen LogP) is 4.54. The normalized spacial score (nSPS) is 10.2. The maximum atomic E-state index is 5.76. The minimum absolute atomic E-state index is 0.415. The molecule has 4 heteroatoms. The minimum atomic E-state index is 0.415. The molecule has 0 nitrogen and oxygen atoms in total. The van der Waals surface area contributed by atoms with Gasteiger partial charge in [-0.25, -0.2) is 0 Å². The van der Waals surface area contributed by atoms with Crippen LogP contribution in [0.2, 0.25) is 15.1 Å². The van der Waals surface area contributed by atoms with E-state index in [4.69, 9.17) is 34.8 Å². The summed E-state index contributed by atoms with van der Waals surface area (Å²) in [6.45, 7) is 0. The van der Waals surface area contributed by atoms with Gasteiger partial charge in [0.25, 0.3) is 0 Å². The first kappa shape index (κ1) is 9.66. The third kappa shape index (κ3) is 2.25. The van der Waals surface area contributed by atoms with Gasteiger partial charge in [0.05, 0.1) is 15.1 Å². The van der Waals surface area contributed by atoms with Crippen LogP contribution < -0.4 is 0 Å². The van der Waals surface area contributed by atoms with Crippen LogP contribution in [0.3, 0.4) is 0 Å². The molecule has 60 valence electrons. The molecule has 0 heterocycles. The fourth-order valence-corrected chi connectivity index (χ4v) is 1.65. The Morgan fingerprint density at radius 1 is 1.09 bits per heavy atom. The van der Waals surface area contributed by atoms with Crippen molar-refractivity contribution in [3.63, 3.8) is 0 Å². The Morgan fingerprint density at radius 2 is 1.55 bits per heavy atom. The molecule has 0 unspecified atom stereocenters. The van der Waals surface area contributed by atoms with Crippen LogP contribution in [0.1, 0.15) is 5.56 Å². The van der Waals surface area contributed by atoms with E-state index in [0.717, 1.165) is 10.9 Å². The molecule has 0 atom stereocenters. The summed E-state index contributed by atoms with van der Waals surface area (Å²) < 4.78 is 0. The summed E-state index contributed by atoms with van der Waals surface area (Å²) in [5.74, 6) is 0. The summed E-state index contributed by atoms with van der Waals surface area (Å²) in [7, 11) is 0. The van der Waals surface area contributed by atoms with E-state index >= 15 is 0 Å². The van der Waals surface area contributed by atoms with Crippen LogP contribution in [-0.4, -0.2) is 0 Å². The van der Waals surface area contributed by atoms with Gasteiger partial charge in [0.2, 0.25) is 0 Å². The van der Waals surface area contributed by atoms with Crippen molar-refractivity contribution in [2.24, 2.45) is 0 Å². The third-order valence-electron chi connectivity index (χ3n) is 1.20. The Kier molecular flexibility index (Phi) is 3.51. The van der Waals surface area contributed by atoms with Crippen LogP contribution in [0.5, 0.6) is 0 Å². The van der Waals surface area contributed by atoms with Crippen molar-refractivity contribution in [1.29, 1.82) is 0 Å². The van der Waals surface area contributed by atoms with Gasteiger partial charge in [-0.1, -0.05) is 50.7 Å². The summed E-state index contributed by atoms with van der Waals surface area (Å²) >= 11 is 20.5. The fourth-order valence-electron chi connectivity index (χ4n) is 0.685. The molecule has 0 amide bonds. The number of alkyl halides is 1. The highest BCUT2D eigenvalue weighted by Crippen LogP contribution is 2.31. The van der Waals surface area contributed by atoms with E-state index < -0.39 is 0 Å². The van der Waals surface area contributed by atoms with Crippen LogP contribution in [-0.2, 0) is 5.33 Å². The smallest absolute Gasteiger partial charge is 0.0778 e. The van der Waals surface area contributed by atoms with Crippen LogP contribution in [0.4, 0.5) is 0 Å². The van der Waals surface area contributed by atoms with E-state index in [0.29, 0.717) is 15.1 Å². The number of hydrogen-bond acceptors (Lipinski definition) is 0. The standard InChI is InChI=1S/C7H4BrCl3/c8-3-4-1-5(9)7(11)6(10)2-4/h1-2H,3H2. The molecule has 0 aliphatic rings. The van der Waals surface area contributed by atoms with Crippen molar-refractivity contribution in [3.05, 3.63) is 32.8 Å². The lowest BCUT2D eigenvalue weighted by molar-refractivity contribution is 1.44. The summed E-state index contributed by atoms with van der Waals surface area (Å²) in [6.07, 6.45) is 0. The summed E-state index contributed by atoms with van der Waals surface area (Å²) in [5.41, 5.74) is 1.02. The molecule has 1 rings (SSSR count). The molecule has 11 heavy (non-hydrogen) atoms. The molecule has 0 spiro atoms. The molecule has 1 aromatic rings. The highest BCUT2D eigenvalue weighted by molar-refractivity contribution is 9.08. The van der Waals surface area contributed by atoms with Crippen molar-refractivity contribution < 1.29 is 0 Å². The maximum absolute atomic E-state index is 5.76. The van der Waals surface area contributed by atoms with Crippen molar-refractivity contribution in [1.82, 2.24) is 0 Å². The lowest BCUT2D eigenvalue weighted by Crippen LogP contribution is -1.79. The Hall–Kier alpha value is 0.570. The van der Waals surface area contributed by atoms with Gasteiger partial charge in [0, 0.05) is 5.33 Å². The molecule has 1 aromatic carbocycles. The number of hydrogen-bond donors (Lipinski definition) is 0. The molecule has 0 radical (unpaired) electrons. The molecule has 0 saturated heterocycles. The lowest BCUT2D eigenvalue weighted by atomic mass is 10.2. The van der Waals surface area contributed by atoms with Gasteiger partial charge in [-0.15, -0.1) is 0 Å². The highest BCUT2D eigenvalue weighted by atomic mass is 79.9. The lowest BCUT2D eigenvalue weighted by Gasteiger charge is -2.01. The van der Waals surface area contributed by atoms with Gasteiger partial charge < -0.3 is 0 Å². The van der Waals surface area contributed by atoms with Gasteiger partial charge in [-0.05, 0) is 17.7 Å². The van der Waals surface area contributed by atoms with Crippen molar-refractivity contribution >= 4 is 50.7 Å². The second-order valence-corrected chi connectivity index (χ2v) is 3.76. The van der Waals surface area contributed by atoms with Crippen LogP contribution in [0, 0.1) is 0 Å². The van der Waals surface area contributed by atoms with Gasteiger partial charge in [-0.2, -0.15) is 0 Å². The van der Waals surface area contributed by atoms with Crippen LogP contribution in [0.15, 0.2) is 12.1 Å². The number of halogens is 4. The summed E-state index contributed by atoms with van der Waals surface area (Å²) in [5, 5.41) is 2.13. The largest absolute Gasteiger partial charge is 0.0876 e. The Balaban J connectivity index is 3.21. The predicted molar refractivity (Wildman–Crippen MR) is 54.1 cm³/mol. The second-order valence-electron chi connectivity index (χ2n) is 2.01. The zero-order chi connectivity index (χ0) is 8.43. The zero-order valence-corrected chi connectivity index (χ0v) is 9.23. The van der Waals surface area contributed by atoms with E-state index in [1.807, 2.05) is 0 Å². The Bertz CT molecular complexity index is 249. The van der Waals surface area contributed by atoms with Crippen LogP contribution in [0.25, 0.3) is 0 Å². The Morgan fingerprint density at radius 3 is 1.91 bits per heavy atom. The van der Waals surface area contributed by atoms with E-state index in [1.54, 1.807) is 12.1 Å². The van der Waals surface area contributed by atoms with E-state index in [9.17, 15) is 0 Å². The maximum Gasteiger partial charge on any atom is 0.0778 e. The van der Waals surface area contributed by atoms with Crippen molar-refractivity contribution in [2.45, 2.75) is 5.33 Å². The van der Waals surface area contributed by atoms with Crippen LogP contribution >= 0.6 is 50.7 Å². The number of rotatable bonds is 1. The first-order valence-electron chi connectivity index (χ1n) is 2.84. The minimum Gasteiger partial charge on any atom is -0.0876 e. The SMILES string of the molecule is Clc1cc(CBr)cc(Cl)c1Cl. The molecular formula is C7H4BrCl3. The third-order valence-corrected chi connectivity index (χ3v) is 3.04. The quantitative estimate of drug-likeness (QED) is 0.521. The van der Waals surface area contributed by atoms with Gasteiger partial charge in [0.1, 0.15) is 0 Å². The average Bonchev–Trinajstić information content (AvgIpc) is 1.99. The molecule has 0 bridgehead atoms. The van der Waals surface area contributed by atoms with Gasteiger partial charge in [0.15, 0.2) is 0 Å². The van der Waals surface area contributed by atoms with Gasteiger partial charge in [-0.3, -0.25) is 0 Å². The fraction of sp³-hybridized carbons (Fsp3) is 0.143. The van der Waals surface area contributed by atoms with E-state index in [2.05, 4.69) is 15.9 Å². The summed E-state index contributed by atoms with van der Waals surface area (Å²) in [6, 6.07) is 3.56. The molecule has 0 N–H and O–H groups in total. The van der Waals surface area contributed by atoms with E-state index in [-0.39, 0.29) is 0 Å². The topological polar surface area (TPSA) is 0 Å². The Labute approximate surface area is 88.6 Å². The summed E-state index contributed by atoms with van der Waals surface area (Å²) in [4.78, 5) is 0. The zero-order valence-electron chi connectivity index (χ0n) is 5.37. The molecule has 0 aliphatic carbocycles. The molecule has 0 saturated carbocycles. The van der Waals surface area contributed by atoms with E-state index in [1.165, 1.54) is 0 Å². The average molecular weight is 274 g/mol.